The predicted octanol–water partition coefficient (Wildman–Crippen LogP) is 2.06. The lowest BCUT2D eigenvalue weighted by Crippen LogP contribution is -2.41. The van der Waals surface area contributed by atoms with Crippen molar-refractivity contribution >= 4 is 29.5 Å². The zero-order valence-corrected chi connectivity index (χ0v) is 9.01. The highest BCUT2D eigenvalue weighted by atomic mass is 32.2. The Morgan fingerprint density at radius 1 is 1.38 bits per heavy atom. The van der Waals surface area contributed by atoms with Crippen LogP contribution in [-0.2, 0) is 9.53 Å². The van der Waals surface area contributed by atoms with Gasteiger partial charge in [0.05, 0.1) is 0 Å². The second-order valence-corrected chi connectivity index (χ2v) is 6.35. The number of cyclic esters (lactones) is 1. The molecule has 2 aliphatic rings. The summed E-state index contributed by atoms with van der Waals surface area (Å²) in [5.74, 6) is 2.08. The van der Waals surface area contributed by atoms with Gasteiger partial charge in [0.15, 0.2) is 4.08 Å². The molecule has 0 aromatic heterocycles. The van der Waals surface area contributed by atoms with Crippen molar-refractivity contribution in [3.05, 3.63) is 12.2 Å². The van der Waals surface area contributed by atoms with Crippen molar-refractivity contribution in [3.63, 3.8) is 0 Å². The van der Waals surface area contributed by atoms with Gasteiger partial charge in [0.2, 0.25) is 0 Å². The third-order valence-corrected chi connectivity index (χ3v) is 5.41. The van der Waals surface area contributed by atoms with Crippen LogP contribution in [0.25, 0.3) is 0 Å². The molecule has 2 heterocycles. The number of thioether (sulfide) groups is 2. The number of carbonyl (C=O) groups excluding carboxylic acids is 1. The minimum absolute atomic E-state index is 0.0467. The molecule has 0 amide bonds. The Balaban J connectivity index is 2.16. The first-order valence-electron chi connectivity index (χ1n) is 4.35. The van der Waals surface area contributed by atoms with Gasteiger partial charge in [-0.05, 0) is 23.5 Å². The molecule has 0 aliphatic carbocycles. The summed E-state index contributed by atoms with van der Waals surface area (Å²) in [4.78, 5) is 11.6. The molecule has 0 radical (unpaired) electrons. The van der Waals surface area contributed by atoms with Gasteiger partial charge in [-0.15, -0.1) is 23.5 Å². The zero-order valence-electron chi connectivity index (χ0n) is 7.38. The Bertz CT molecular complexity index is 244. The van der Waals surface area contributed by atoms with E-state index in [-0.39, 0.29) is 10.0 Å². The van der Waals surface area contributed by atoms with Crippen molar-refractivity contribution in [3.8, 4) is 0 Å². The summed E-state index contributed by atoms with van der Waals surface area (Å²) in [7, 11) is 0. The molecule has 13 heavy (non-hydrogen) atoms. The predicted molar refractivity (Wildman–Crippen MR) is 57.0 cm³/mol. The Labute approximate surface area is 86.5 Å². The maximum Gasteiger partial charge on any atom is 0.333 e. The number of ether oxygens (including phenoxy) is 1. The van der Waals surface area contributed by atoms with E-state index in [2.05, 4.69) is 6.58 Å². The third-order valence-electron chi connectivity index (χ3n) is 2.16. The molecule has 2 saturated heterocycles. The maximum atomic E-state index is 11.6. The van der Waals surface area contributed by atoms with Crippen LogP contribution in [-0.4, -0.2) is 28.2 Å². The largest absolute Gasteiger partial charge is 0.460 e. The molecule has 0 atom stereocenters. The molecule has 2 rings (SSSR count). The number of hydrogen-bond donors (Lipinski definition) is 0. The fraction of sp³-hybridized carbons (Fsp3) is 0.667. The summed E-state index contributed by atoms with van der Waals surface area (Å²) in [5.41, 5.74) is 1.04. The molecule has 0 saturated carbocycles. The van der Waals surface area contributed by atoms with Gasteiger partial charge in [-0.25, -0.2) is 4.79 Å². The molecule has 2 aliphatic heterocycles. The number of rotatable bonds is 0. The fourth-order valence-electron chi connectivity index (χ4n) is 1.52. The molecule has 4 heteroatoms. The van der Waals surface area contributed by atoms with E-state index in [4.69, 9.17) is 4.74 Å². The fourth-order valence-corrected chi connectivity index (χ4v) is 4.74. The van der Waals surface area contributed by atoms with Gasteiger partial charge in [0, 0.05) is 6.42 Å². The summed E-state index contributed by atoms with van der Waals surface area (Å²) in [5, 5.41) is 0. The van der Waals surface area contributed by atoms with Gasteiger partial charge in [-0.3, -0.25) is 0 Å². The minimum Gasteiger partial charge on any atom is -0.460 e. The van der Waals surface area contributed by atoms with E-state index in [1.807, 2.05) is 0 Å². The number of hydrogen-bond acceptors (Lipinski definition) is 4. The van der Waals surface area contributed by atoms with Crippen LogP contribution in [0.5, 0.6) is 0 Å². The van der Waals surface area contributed by atoms with Crippen LogP contribution in [0.4, 0.5) is 0 Å². The van der Waals surface area contributed by atoms with Crippen LogP contribution < -0.4 is 0 Å². The molecule has 0 aromatic rings. The summed E-state index contributed by atoms with van der Waals surface area (Å²) >= 11 is 3.45. The summed E-state index contributed by atoms with van der Waals surface area (Å²) in [6.45, 7) is 4.31. The van der Waals surface area contributed by atoms with E-state index in [1.165, 1.54) is 6.42 Å². The van der Waals surface area contributed by atoms with Crippen LogP contribution in [0.2, 0.25) is 0 Å². The van der Waals surface area contributed by atoms with Gasteiger partial charge in [0.1, 0.15) is 6.61 Å². The summed E-state index contributed by atoms with van der Waals surface area (Å²) in [6.07, 6.45) is 1.98. The van der Waals surface area contributed by atoms with E-state index in [9.17, 15) is 4.79 Å². The molecule has 1 spiro atoms. The topological polar surface area (TPSA) is 26.3 Å². The number of esters is 1. The summed E-state index contributed by atoms with van der Waals surface area (Å²) < 4.78 is 4.76. The zero-order chi connectivity index (χ0) is 9.31. The SMILES string of the molecule is C=C1COC(=O)C2(C1)SCCCS2. The van der Waals surface area contributed by atoms with Crippen molar-refractivity contribution in [1.29, 1.82) is 0 Å². The Morgan fingerprint density at radius 3 is 2.77 bits per heavy atom. The molecule has 2 fully saturated rings. The Kier molecular flexibility index (Phi) is 2.60. The molecule has 0 unspecified atom stereocenters. The first-order valence-corrected chi connectivity index (χ1v) is 6.32. The quantitative estimate of drug-likeness (QED) is 0.457. The molecule has 2 nitrogen and oxygen atoms in total. The van der Waals surface area contributed by atoms with Gasteiger partial charge < -0.3 is 4.74 Å². The lowest BCUT2D eigenvalue weighted by Gasteiger charge is -2.37. The van der Waals surface area contributed by atoms with Crippen LogP contribution in [0, 0.1) is 0 Å². The van der Waals surface area contributed by atoms with Crippen molar-refractivity contribution in [2.45, 2.75) is 16.9 Å². The Morgan fingerprint density at radius 2 is 2.08 bits per heavy atom. The van der Waals surface area contributed by atoms with E-state index < -0.39 is 0 Å². The highest BCUT2D eigenvalue weighted by Crippen LogP contribution is 2.48. The molecular formula is C9H12O2S2. The van der Waals surface area contributed by atoms with E-state index in [0.717, 1.165) is 23.5 Å². The van der Waals surface area contributed by atoms with Crippen LogP contribution in [0.15, 0.2) is 12.2 Å². The minimum atomic E-state index is -0.340. The van der Waals surface area contributed by atoms with Crippen LogP contribution in [0.3, 0.4) is 0 Å². The average Bonchev–Trinajstić information content (AvgIpc) is 2.14. The molecule has 0 aromatic carbocycles. The average molecular weight is 216 g/mol. The summed E-state index contributed by atoms with van der Waals surface area (Å²) in [6, 6.07) is 0. The monoisotopic (exact) mass is 216 g/mol. The lowest BCUT2D eigenvalue weighted by atomic mass is 10.1. The second-order valence-electron chi connectivity index (χ2n) is 3.31. The molecule has 72 valence electrons. The first kappa shape index (κ1) is 9.46. The third kappa shape index (κ3) is 1.74. The van der Waals surface area contributed by atoms with Crippen molar-refractivity contribution in [2.24, 2.45) is 0 Å². The van der Waals surface area contributed by atoms with Crippen molar-refractivity contribution < 1.29 is 9.53 Å². The van der Waals surface area contributed by atoms with Crippen LogP contribution in [0.1, 0.15) is 12.8 Å². The van der Waals surface area contributed by atoms with Crippen molar-refractivity contribution in [1.82, 2.24) is 0 Å². The highest BCUT2D eigenvalue weighted by molar-refractivity contribution is 8.19. The van der Waals surface area contributed by atoms with Gasteiger partial charge >= 0.3 is 5.97 Å². The highest BCUT2D eigenvalue weighted by Gasteiger charge is 2.45. The van der Waals surface area contributed by atoms with E-state index in [0.29, 0.717) is 6.61 Å². The normalized spacial score (nSPS) is 27.4. The Hall–Kier alpha value is -0.0900. The van der Waals surface area contributed by atoms with E-state index in [1.54, 1.807) is 23.5 Å². The lowest BCUT2D eigenvalue weighted by molar-refractivity contribution is -0.144. The second kappa shape index (κ2) is 3.58. The van der Waals surface area contributed by atoms with Gasteiger partial charge in [-0.1, -0.05) is 6.58 Å². The standard InChI is InChI=1S/C9H12O2S2/c1-7-5-9(8(10)11-6-7)12-3-2-4-13-9/h1-6H2. The van der Waals surface area contributed by atoms with Crippen molar-refractivity contribution in [2.75, 3.05) is 18.1 Å². The maximum absolute atomic E-state index is 11.6. The van der Waals surface area contributed by atoms with E-state index >= 15 is 0 Å². The molecule has 0 N–H and O–H groups in total. The molecule has 0 bridgehead atoms. The van der Waals surface area contributed by atoms with Crippen LogP contribution >= 0.6 is 23.5 Å². The number of carbonyl (C=O) groups is 1. The van der Waals surface area contributed by atoms with Gasteiger partial charge in [-0.2, -0.15) is 0 Å². The first-order chi connectivity index (χ1) is 6.23. The van der Waals surface area contributed by atoms with Gasteiger partial charge in [0.25, 0.3) is 0 Å². The smallest absolute Gasteiger partial charge is 0.333 e. The molecular weight excluding hydrogens is 204 g/mol.